The number of hydrogen-bond acceptors (Lipinski definition) is 4. The second kappa shape index (κ2) is 5.29. The Hall–Kier alpha value is -0.650. The predicted octanol–water partition coefficient (Wildman–Crippen LogP) is 0.388. The highest BCUT2D eigenvalue weighted by Crippen LogP contribution is 2.08. The van der Waals surface area contributed by atoms with Gasteiger partial charge in [-0.1, -0.05) is 6.92 Å². The third-order valence-corrected chi connectivity index (χ3v) is 1.49. The third-order valence-electron chi connectivity index (χ3n) is 1.49. The molecule has 2 atom stereocenters. The number of hydrogen-bond donors (Lipinski definition) is 3. The predicted molar refractivity (Wildman–Crippen MR) is 51.6 cm³/mol. The molecule has 5 nitrogen and oxygen atoms in total. The van der Waals surface area contributed by atoms with Gasteiger partial charge in [0.2, 0.25) is 6.41 Å². The Morgan fingerprint density at radius 2 is 2.00 bits per heavy atom. The van der Waals surface area contributed by atoms with Crippen LogP contribution in [0.5, 0.6) is 0 Å². The molecule has 84 valence electrons. The molecule has 0 aliphatic heterocycles. The number of rotatable bonds is 5. The summed E-state index contributed by atoms with van der Waals surface area (Å²) in [4.78, 5) is 10.4. The van der Waals surface area contributed by atoms with Crippen LogP contribution in [0.15, 0.2) is 0 Å². The maximum absolute atomic E-state index is 10.4. The van der Waals surface area contributed by atoms with Crippen LogP contribution in [0.4, 0.5) is 0 Å². The molecule has 3 N–H and O–H groups in total. The fourth-order valence-corrected chi connectivity index (χ4v) is 0.741. The van der Waals surface area contributed by atoms with Crippen LogP contribution in [-0.4, -0.2) is 34.7 Å². The number of aliphatic hydroxyl groups excluding tert-OH is 1. The second-order valence-electron chi connectivity index (χ2n) is 4.23. The number of carboxylic acid groups (broad SMARTS) is 1. The van der Waals surface area contributed by atoms with E-state index in [9.17, 15) is 9.90 Å². The van der Waals surface area contributed by atoms with E-state index in [1.807, 2.05) is 0 Å². The van der Waals surface area contributed by atoms with E-state index in [0.29, 0.717) is 0 Å². The Balaban J connectivity index is 3.74. The van der Waals surface area contributed by atoms with Gasteiger partial charge < -0.3 is 14.9 Å². The van der Waals surface area contributed by atoms with Crippen molar-refractivity contribution in [1.82, 2.24) is 5.32 Å². The first-order valence-corrected chi connectivity index (χ1v) is 4.54. The molecule has 0 saturated heterocycles. The summed E-state index contributed by atoms with van der Waals surface area (Å²) in [7, 11) is 0. The molecule has 0 amide bonds. The van der Waals surface area contributed by atoms with Gasteiger partial charge in [-0.15, -0.1) is 0 Å². The molecule has 2 unspecified atom stereocenters. The minimum Gasteiger partial charge on any atom is -0.481 e. The van der Waals surface area contributed by atoms with Gasteiger partial charge in [-0.05, 0) is 20.8 Å². The van der Waals surface area contributed by atoms with Gasteiger partial charge in [0.05, 0.1) is 11.5 Å². The molecule has 0 fully saturated rings. The van der Waals surface area contributed by atoms with Crippen LogP contribution in [0.1, 0.15) is 27.7 Å². The summed E-state index contributed by atoms with van der Waals surface area (Å²) < 4.78 is 5.12. The Bertz CT molecular complexity index is 188. The highest BCUT2D eigenvalue weighted by molar-refractivity contribution is 5.69. The van der Waals surface area contributed by atoms with E-state index in [0.717, 1.165) is 0 Å². The van der Waals surface area contributed by atoms with Crippen molar-refractivity contribution in [3.8, 4) is 0 Å². The van der Waals surface area contributed by atoms with E-state index >= 15 is 0 Å². The second-order valence-corrected chi connectivity index (χ2v) is 4.23. The summed E-state index contributed by atoms with van der Waals surface area (Å²) in [6, 6.07) is 0. The molecule has 0 aliphatic carbocycles. The van der Waals surface area contributed by atoms with Crippen molar-refractivity contribution in [3.05, 3.63) is 0 Å². The quantitative estimate of drug-likeness (QED) is 0.566. The minimum atomic E-state index is -1.13. The maximum atomic E-state index is 10.4. The van der Waals surface area contributed by atoms with Crippen molar-refractivity contribution in [2.24, 2.45) is 5.92 Å². The lowest BCUT2D eigenvalue weighted by Crippen LogP contribution is -2.41. The topological polar surface area (TPSA) is 78.8 Å². The average molecular weight is 205 g/mol. The monoisotopic (exact) mass is 205 g/mol. The number of carboxylic acids is 1. The standard InChI is InChI=1S/C9H19NO4/c1-6(7(11)12)5-10-8(13)14-9(2,3)4/h6,8,10,13H,5H2,1-4H3,(H,11,12). The fraction of sp³-hybridized carbons (Fsp3) is 0.889. The van der Waals surface area contributed by atoms with Crippen LogP contribution in [0.25, 0.3) is 0 Å². The molecule has 0 spiro atoms. The van der Waals surface area contributed by atoms with Crippen LogP contribution in [0.2, 0.25) is 0 Å². The van der Waals surface area contributed by atoms with Gasteiger partial charge in [0.25, 0.3) is 0 Å². The zero-order valence-corrected chi connectivity index (χ0v) is 9.07. The first-order chi connectivity index (χ1) is 6.22. The van der Waals surface area contributed by atoms with Gasteiger partial charge in [-0.2, -0.15) is 0 Å². The number of aliphatic carboxylic acids is 1. The molecule has 0 heterocycles. The van der Waals surface area contributed by atoms with E-state index < -0.39 is 23.9 Å². The third kappa shape index (κ3) is 6.82. The summed E-state index contributed by atoms with van der Waals surface area (Å²) in [5, 5.41) is 20.4. The van der Waals surface area contributed by atoms with E-state index in [-0.39, 0.29) is 6.54 Å². The lowest BCUT2D eigenvalue weighted by Gasteiger charge is -2.24. The van der Waals surface area contributed by atoms with Crippen molar-refractivity contribution in [1.29, 1.82) is 0 Å². The van der Waals surface area contributed by atoms with Crippen LogP contribution in [0, 0.1) is 5.92 Å². The van der Waals surface area contributed by atoms with Crippen molar-refractivity contribution in [3.63, 3.8) is 0 Å². The summed E-state index contributed by atoms with van der Waals surface area (Å²) in [6.07, 6.45) is -1.13. The first-order valence-electron chi connectivity index (χ1n) is 4.54. The molecule has 0 rings (SSSR count). The number of aliphatic hydroxyl groups is 1. The van der Waals surface area contributed by atoms with Crippen molar-refractivity contribution in [2.75, 3.05) is 6.54 Å². The van der Waals surface area contributed by atoms with Gasteiger partial charge in [0, 0.05) is 6.54 Å². The van der Waals surface area contributed by atoms with Gasteiger partial charge >= 0.3 is 5.97 Å². The fourth-order valence-electron chi connectivity index (χ4n) is 0.741. The Morgan fingerprint density at radius 1 is 1.50 bits per heavy atom. The van der Waals surface area contributed by atoms with Crippen LogP contribution >= 0.6 is 0 Å². The van der Waals surface area contributed by atoms with Crippen molar-refractivity contribution >= 4 is 5.97 Å². The normalized spacial score (nSPS) is 16.4. The Morgan fingerprint density at radius 3 is 2.36 bits per heavy atom. The average Bonchev–Trinajstić information content (AvgIpc) is 1.96. The minimum absolute atomic E-state index is 0.173. The smallest absolute Gasteiger partial charge is 0.307 e. The first kappa shape index (κ1) is 13.4. The summed E-state index contributed by atoms with van der Waals surface area (Å²) in [5.41, 5.74) is -0.459. The van der Waals surface area contributed by atoms with Crippen molar-refractivity contribution in [2.45, 2.75) is 39.7 Å². The van der Waals surface area contributed by atoms with E-state index in [1.54, 1.807) is 27.7 Å². The van der Waals surface area contributed by atoms with Gasteiger partial charge in [0.1, 0.15) is 0 Å². The highest BCUT2D eigenvalue weighted by atomic mass is 16.6. The van der Waals surface area contributed by atoms with Gasteiger partial charge in [-0.25, -0.2) is 0 Å². The summed E-state index contributed by atoms with van der Waals surface area (Å²) in [5.74, 6) is -1.45. The molecule has 5 heteroatoms. The molecule has 0 aromatic heterocycles. The Kier molecular flexibility index (Phi) is 5.04. The highest BCUT2D eigenvalue weighted by Gasteiger charge is 2.18. The molecular formula is C9H19NO4. The molecule has 0 saturated carbocycles. The van der Waals surface area contributed by atoms with Crippen LogP contribution in [-0.2, 0) is 9.53 Å². The largest absolute Gasteiger partial charge is 0.481 e. The summed E-state index contributed by atoms with van der Waals surface area (Å²) >= 11 is 0. The van der Waals surface area contributed by atoms with Crippen molar-refractivity contribution < 1.29 is 19.7 Å². The molecule has 0 aliphatic rings. The van der Waals surface area contributed by atoms with E-state index in [1.165, 1.54) is 0 Å². The SMILES string of the molecule is CC(CNC(O)OC(C)(C)C)C(=O)O. The molecular weight excluding hydrogens is 186 g/mol. The van der Waals surface area contributed by atoms with E-state index in [2.05, 4.69) is 5.32 Å². The van der Waals surface area contributed by atoms with E-state index in [4.69, 9.17) is 9.84 Å². The lowest BCUT2D eigenvalue weighted by atomic mass is 10.2. The van der Waals surface area contributed by atoms with Gasteiger partial charge in [-0.3, -0.25) is 10.1 Å². The van der Waals surface area contributed by atoms with Crippen LogP contribution < -0.4 is 5.32 Å². The maximum Gasteiger partial charge on any atom is 0.307 e. The van der Waals surface area contributed by atoms with Gasteiger partial charge in [0.15, 0.2) is 0 Å². The van der Waals surface area contributed by atoms with Crippen LogP contribution in [0.3, 0.4) is 0 Å². The lowest BCUT2D eigenvalue weighted by molar-refractivity contribution is -0.182. The zero-order chi connectivity index (χ0) is 11.4. The molecule has 0 bridgehead atoms. The molecule has 0 aromatic rings. The number of ether oxygens (including phenoxy) is 1. The zero-order valence-electron chi connectivity index (χ0n) is 9.07. The molecule has 14 heavy (non-hydrogen) atoms. The number of carbonyl (C=O) groups is 1. The Labute approximate surface area is 84.1 Å². The molecule has 0 radical (unpaired) electrons. The summed E-state index contributed by atoms with van der Waals surface area (Å²) in [6.45, 7) is 7.14. The molecule has 0 aromatic carbocycles. The number of nitrogens with one attached hydrogen (secondary N) is 1.